The van der Waals surface area contributed by atoms with Crippen molar-refractivity contribution in [3.05, 3.63) is 59.7 Å². The maximum atomic E-state index is 12.1. The highest BCUT2D eigenvalue weighted by atomic mass is 16.6. The zero-order valence-corrected chi connectivity index (χ0v) is 14.8. The molecule has 2 aromatic rings. The third kappa shape index (κ3) is 3.02. The van der Waals surface area contributed by atoms with Gasteiger partial charge in [0.1, 0.15) is 11.5 Å². The molecule has 2 aliphatic rings. The molecule has 0 aliphatic carbocycles. The molecule has 6 nitrogen and oxygen atoms in total. The van der Waals surface area contributed by atoms with Gasteiger partial charge in [0.05, 0.1) is 26.7 Å². The summed E-state index contributed by atoms with van der Waals surface area (Å²) in [6.45, 7) is 0. The van der Waals surface area contributed by atoms with Crippen molar-refractivity contribution in [3.63, 3.8) is 0 Å². The maximum absolute atomic E-state index is 12.1. The lowest BCUT2D eigenvalue weighted by Gasteiger charge is -2.35. The number of rotatable bonds is 4. The Morgan fingerprint density at radius 1 is 0.885 bits per heavy atom. The fraction of sp³-hybridized carbons (Fsp3) is 0.350. The Kier molecular flexibility index (Phi) is 4.53. The van der Waals surface area contributed by atoms with Crippen LogP contribution in [0.25, 0.3) is 0 Å². The van der Waals surface area contributed by atoms with Crippen LogP contribution in [0.15, 0.2) is 48.5 Å². The SMILES string of the molecule is COc1ccc(C2CC(=O)OC3NNC(c4ccc(OC)cc4)C32)cc1. The van der Waals surface area contributed by atoms with Crippen LogP contribution in [-0.2, 0) is 9.53 Å². The number of carbonyl (C=O) groups excluding carboxylic acids is 1. The normalized spacial score (nSPS) is 27.5. The number of esters is 1. The van der Waals surface area contributed by atoms with Crippen molar-refractivity contribution in [2.45, 2.75) is 24.6 Å². The Hall–Kier alpha value is -2.57. The molecule has 2 heterocycles. The van der Waals surface area contributed by atoms with E-state index in [1.807, 2.05) is 48.5 Å². The molecule has 0 saturated carbocycles. The van der Waals surface area contributed by atoms with E-state index in [-0.39, 0.29) is 30.1 Å². The first-order valence-electron chi connectivity index (χ1n) is 8.68. The van der Waals surface area contributed by atoms with Crippen LogP contribution in [0, 0.1) is 5.92 Å². The quantitative estimate of drug-likeness (QED) is 0.823. The summed E-state index contributed by atoms with van der Waals surface area (Å²) in [5.74, 6) is 1.59. The molecule has 0 amide bonds. The van der Waals surface area contributed by atoms with E-state index in [9.17, 15) is 4.79 Å². The van der Waals surface area contributed by atoms with Crippen LogP contribution in [0.3, 0.4) is 0 Å². The summed E-state index contributed by atoms with van der Waals surface area (Å²) < 4.78 is 16.0. The van der Waals surface area contributed by atoms with Gasteiger partial charge < -0.3 is 14.2 Å². The minimum absolute atomic E-state index is 0.0334. The predicted molar refractivity (Wildman–Crippen MR) is 95.7 cm³/mol. The van der Waals surface area contributed by atoms with E-state index >= 15 is 0 Å². The monoisotopic (exact) mass is 354 g/mol. The van der Waals surface area contributed by atoms with Crippen molar-refractivity contribution in [2.75, 3.05) is 14.2 Å². The standard InChI is InChI=1S/C20H22N2O4/c1-24-14-7-3-12(4-8-14)16-11-17(23)26-20-18(16)19(21-22-20)13-5-9-15(25-2)10-6-13/h3-10,16,18-22H,11H2,1-2H3. The number of hydrogen-bond donors (Lipinski definition) is 2. The third-order valence-electron chi connectivity index (χ3n) is 5.24. The average molecular weight is 354 g/mol. The van der Waals surface area contributed by atoms with Crippen LogP contribution in [0.4, 0.5) is 0 Å². The number of fused-ring (bicyclic) bond motifs is 1. The van der Waals surface area contributed by atoms with Crippen LogP contribution in [0.1, 0.15) is 29.5 Å². The molecule has 0 aromatic heterocycles. The van der Waals surface area contributed by atoms with Gasteiger partial charge >= 0.3 is 5.97 Å². The molecule has 2 saturated heterocycles. The van der Waals surface area contributed by atoms with Crippen LogP contribution < -0.4 is 20.3 Å². The first-order valence-corrected chi connectivity index (χ1v) is 8.68. The second-order valence-corrected chi connectivity index (χ2v) is 6.61. The van der Waals surface area contributed by atoms with E-state index in [0.717, 1.165) is 22.6 Å². The van der Waals surface area contributed by atoms with Gasteiger partial charge in [0.2, 0.25) is 0 Å². The van der Waals surface area contributed by atoms with Crippen LogP contribution in [0.2, 0.25) is 0 Å². The molecular formula is C20H22N2O4. The van der Waals surface area contributed by atoms with Gasteiger partial charge in [-0.1, -0.05) is 24.3 Å². The van der Waals surface area contributed by atoms with Crippen molar-refractivity contribution in [1.82, 2.24) is 10.9 Å². The number of methoxy groups -OCH3 is 2. The fourth-order valence-corrected chi connectivity index (χ4v) is 3.90. The van der Waals surface area contributed by atoms with E-state index in [4.69, 9.17) is 14.2 Å². The van der Waals surface area contributed by atoms with Crippen LogP contribution in [0.5, 0.6) is 11.5 Å². The molecule has 0 spiro atoms. The lowest BCUT2D eigenvalue weighted by Crippen LogP contribution is -2.42. The lowest BCUT2D eigenvalue weighted by atomic mass is 9.76. The zero-order chi connectivity index (χ0) is 18.1. The van der Waals surface area contributed by atoms with Gasteiger partial charge in [0, 0.05) is 11.8 Å². The van der Waals surface area contributed by atoms with Gasteiger partial charge in [0.15, 0.2) is 6.23 Å². The number of hydrazine groups is 1. The minimum atomic E-state index is -0.351. The molecule has 2 fully saturated rings. The topological polar surface area (TPSA) is 68.8 Å². The minimum Gasteiger partial charge on any atom is -0.497 e. The number of ether oxygens (including phenoxy) is 3. The number of benzene rings is 2. The predicted octanol–water partition coefficient (Wildman–Crippen LogP) is 2.53. The highest BCUT2D eigenvalue weighted by molar-refractivity contribution is 5.72. The van der Waals surface area contributed by atoms with Crippen molar-refractivity contribution in [1.29, 1.82) is 0 Å². The van der Waals surface area contributed by atoms with E-state index in [1.54, 1.807) is 14.2 Å². The van der Waals surface area contributed by atoms with Gasteiger partial charge in [0.25, 0.3) is 0 Å². The maximum Gasteiger partial charge on any atom is 0.308 e. The summed E-state index contributed by atoms with van der Waals surface area (Å²) in [7, 11) is 3.30. The van der Waals surface area contributed by atoms with Crippen molar-refractivity contribution >= 4 is 5.97 Å². The molecule has 0 radical (unpaired) electrons. The Morgan fingerprint density at radius 2 is 1.46 bits per heavy atom. The summed E-state index contributed by atoms with van der Waals surface area (Å²) in [5.41, 5.74) is 8.68. The summed E-state index contributed by atoms with van der Waals surface area (Å²) in [6.07, 6.45) is 0.0132. The Bertz CT molecular complexity index is 775. The van der Waals surface area contributed by atoms with E-state index < -0.39 is 0 Å². The summed E-state index contributed by atoms with van der Waals surface area (Å²) >= 11 is 0. The molecule has 4 unspecified atom stereocenters. The van der Waals surface area contributed by atoms with E-state index in [0.29, 0.717) is 6.42 Å². The first-order chi connectivity index (χ1) is 12.7. The fourth-order valence-electron chi connectivity index (χ4n) is 3.90. The molecule has 2 aliphatic heterocycles. The summed E-state index contributed by atoms with van der Waals surface area (Å²) in [4.78, 5) is 12.1. The Balaban J connectivity index is 1.66. The number of hydrogen-bond acceptors (Lipinski definition) is 6. The van der Waals surface area contributed by atoms with Gasteiger partial charge in [-0.2, -0.15) is 0 Å². The second kappa shape index (κ2) is 6.97. The molecule has 4 rings (SSSR count). The van der Waals surface area contributed by atoms with E-state index in [2.05, 4.69) is 10.9 Å². The molecule has 26 heavy (non-hydrogen) atoms. The first kappa shape index (κ1) is 16.9. The van der Waals surface area contributed by atoms with Gasteiger partial charge in [-0.3, -0.25) is 4.79 Å². The summed E-state index contributed by atoms with van der Waals surface area (Å²) in [6, 6.07) is 15.9. The van der Waals surface area contributed by atoms with Gasteiger partial charge in [-0.15, -0.1) is 0 Å². The molecule has 4 atom stereocenters. The third-order valence-corrected chi connectivity index (χ3v) is 5.24. The molecule has 2 aromatic carbocycles. The second-order valence-electron chi connectivity index (χ2n) is 6.61. The largest absolute Gasteiger partial charge is 0.497 e. The lowest BCUT2D eigenvalue weighted by molar-refractivity contribution is -0.160. The number of carbonyl (C=O) groups is 1. The molecule has 136 valence electrons. The molecular weight excluding hydrogens is 332 g/mol. The average Bonchev–Trinajstić information content (AvgIpc) is 3.11. The zero-order valence-electron chi connectivity index (χ0n) is 14.8. The highest BCUT2D eigenvalue weighted by Gasteiger charge is 2.48. The smallest absolute Gasteiger partial charge is 0.308 e. The van der Waals surface area contributed by atoms with Crippen LogP contribution in [-0.4, -0.2) is 26.4 Å². The van der Waals surface area contributed by atoms with Gasteiger partial charge in [-0.25, -0.2) is 10.9 Å². The molecule has 6 heteroatoms. The molecule has 0 bridgehead atoms. The van der Waals surface area contributed by atoms with E-state index in [1.165, 1.54) is 0 Å². The van der Waals surface area contributed by atoms with Crippen molar-refractivity contribution in [3.8, 4) is 11.5 Å². The molecule has 2 N–H and O–H groups in total. The Labute approximate surface area is 152 Å². The van der Waals surface area contributed by atoms with Crippen molar-refractivity contribution in [2.24, 2.45) is 5.92 Å². The summed E-state index contributed by atoms with van der Waals surface area (Å²) in [5, 5.41) is 0. The number of nitrogens with one attached hydrogen (secondary N) is 2. The van der Waals surface area contributed by atoms with Crippen molar-refractivity contribution < 1.29 is 19.0 Å². The van der Waals surface area contributed by atoms with Gasteiger partial charge in [-0.05, 0) is 35.4 Å². The Morgan fingerprint density at radius 3 is 2.04 bits per heavy atom. The highest BCUT2D eigenvalue weighted by Crippen LogP contribution is 2.45. The van der Waals surface area contributed by atoms with Crippen LogP contribution >= 0.6 is 0 Å².